The fourth-order valence-corrected chi connectivity index (χ4v) is 2.36. The van der Waals surface area contributed by atoms with Gasteiger partial charge < -0.3 is 10.3 Å². The Bertz CT molecular complexity index is 797. The second-order valence-electron chi connectivity index (χ2n) is 4.35. The van der Waals surface area contributed by atoms with Crippen LogP contribution in [-0.2, 0) is 0 Å². The third kappa shape index (κ3) is 2.44. The highest BCUT2D eigenvalue weighted by molar-refractivity contribution is 9.10. The van der Waals surface area contributed by atoms with Crippen molar-refractivity contribution in [3.63, 3.8) is 0 Å². The van der Waals surface area contributed by atoms with Crippen molar-refractivity contribution in [2.75, 3.05) is 5.32 Å². The molecule has 3 aromatic rings. The average molecular weight is 333 g/mol. The number of aromatic amines is 1. The van der Waals surface area contributed by atoms with Gasteiger partial charge in [0.15, 0.2) is 0 Å². The van der Waals surface area contributed by atoms with E-state index in [4.69, 9.17) is 0 Å². The number of hydrogen-bond donors (Lipinski definition) is 2. The van der Waals surface area contributed by atoms with Crippen molar-refractivity contribution in [3.8, 4) is 0 Å². The van der Waals surface area contributed by atoms with Crippen molar-refractivity contribution in [2.24, 2.45) is 0 Å². The van der Waals surface area contributed by atoms with Crippen molar-refractivity contribution < 1.29 is 9.18 Å². The van der Waals surface area contributed by atoms with Crippen LogP contribution in [0, 0.1) is 5.82 Å². The molecule has 0 unspecified atom stereocenters. The molecule has 0 fully saturated rings. The number of nitrogens with one attached hydrogen (secondary N) is 2. The van der Waals surface area contributed by atoms with Gasteiger partial charge in [0.25, 0.3) is 5.91 Å². The Morgan fingerprint density at radius 3 is 2.75 bits per heavy atom. The molecule has 3 rings (SSSR count). The second-order valence-corrected chi connectivity index (χ2v) is 5.20. The van der Waals surface area contributed by atoms with Crippen LogP contribution in [0.5, 0.6) is 0 Å². The Hall–Kier alpha value is -2.14. The number of carbonyl (C=O) groups excluding carboxylic acids is 1. The van der Waals surface area contributed by atoms with E-state index in [2.05, 4.69) is 26.2 Å². The number of fused-ring (bicyclic) bond motifs is 1. The molecular formula is C15H10BrFN2O. The Morgan fingerprint density at radius 2 is 1.95 bits per heavy atom. The first-order chi connectivity index (χ1) is 9.63. The summed E-state index contributed by atoms with van der Waals surface area (Å²) >= 11 is 3.37. The Labute approximate surface area is 122 Å². The molecular weight excluding hydrogens is 323 g/mol. The lowest BCUT2D eigenvalue weighted by atomic mass is 10.2. The van der Waals surface area contributed by atoms with Crippen LogP contribution in [0.1, 0.15) is 10.5 Å². The monoisotopic (exact) mass is 332 g/mol. The molecule has 2 N–H and O–H groups in total. The number of para-hydroxylation sites is 1. The first kappa shape index (κ1) is 12.9. The normalized spacial score (nSPS) is 10.7. The van der Waals surface area contributed by atoms with E-state index in [1.165, 1.54) is 12.1 Å². The second kappa shape index (κ2) is 5.09. The van der Waals surface area contributed by atoms with Gasteiger partial charge in [-0.25, -0.2) is 4.39 Å². The third-order valence-corrected chi connectivity index (χ3v) is 3.64. The summed E-state index contributed by atoms with van der Waals surface area (Å²) < 4.78 is 13.9. The summed E-state index contributed by atoms with van der Waals surface area (Å²) in [5.41, 5.74) is 1.67. The van der Waals surface area contributed by atoms with E-state index < -0.39 is 0 Å². The van der Waals surface area contributed by atoms with Gasteiger partial charge in [0.2, 0.25) is 0 Å². The van der Waals surface area contributed by atoms with Crippen LogP contribution in [0.25, 0.3) is 10.9 Å². The summed E-state index contributed by atoms with van der Waals surface area (Å²) in [5, 5.41) is 3.59. The maximum absolute atomic E-state index is 13.1. The maximum Gasteiger partial charge on any atom is 0.272 e. The predicted octanol–water partition coefficient (Wildman–Crippen LogP) is 4.32. The number of hydrogen-bond acceptors (Lipinski definition) is 1. The Kier molecular flexibility index (Phi) is 3.28. The van der Waals surface area contributed by atoms with Gasteiger partial charge >= 0.3 is 0 Å². The minimum atomic E-state index is -0.336. The maximum atomic E-state index is 13.1. The molecule has 20 heavy (non-hydrogen) atoms. The predicted molar refractivity (Wildman–Crippen MR) is 80.4 cm³/mol. The first-order valence-electron chi connectivity index (χ1n) is 5.97. The van der Waals surface area contributed by atoms with Crippen molar-refractivity contribution in [3.05, 3.63) is 64.5 Å². The van der Waals surface area contributed by atoms with E-state index in [0.29, 0.717) is 16.9 Å². The van der Waals surface area contributed by atoms with E-state index in [9.17, 15) is 9.18 Å². The number of rotatable bonds is 2. The van der Waals surface area contributed by atoms with Crippen molar-refractivity contribution in [2.45, 2.75) is 0 Å². The molecule has 3 nitrogen and oxygen atoms in total. The molecule has 2 aromatic carbocycles. The quantitative estimate of drug-likeness (QED) is 0.721. The molecule has 0 bridgehead atoms. The van der Waals surface area contributed by atoms with Crippen LogP contribution in [0.15, 0.2) is 53.0 Å². The number of anilines is 1. The lowest BCUT2D eigenvalue weighted by Crippen LogP contribution is -2.12. The van der Waals surface area contributed by atoms with Gasteiger partial charge in [-0.3, -0.25) is 4.79 Å². The number of carbonyl (C=O) groups is 1. The molecule has 0 saturated heterocycles. The fourth-order valence-electron chi connectivity index (χ4n) is 1.97. The minimum Gasteiger partial charge on any atom is -0.350 e. The average Bonchev–Trinajstić information content (AvgIpc) is 2.84. The van der Waals surface area contributed by atoms with E-state index in [1.807, 2.05) is 18.2 Å². The van der Waals surface area contributed by atoms with Crippen LogP contribution in [-0.4, -0.2) is 10.9 Å². The van der Waals surface area contributed by atoms with Gasteiger partial charge in [0, 0.05) is 15.4 Å². The van der Waals surface area contributed by atoms with E-state index in [1.54, 1.807) is 18.2 Å². The number of benzene rings is 2. The summed E-state index contributed by atoms with van der Waals surface area (Å²) in [6.45, 7) is 0. The van der Waals surface area contributed by atoms with Gasteiger partial charge in [-0.1, -0.05) is 12.1 Å². The molecule has 0 aliphatic heterocycles. The van der Waals surface area contributed by atoms with Crippen LogP contribution in [0.3, 0.4) is 0 Å². The van der Waals surface area contributed by atoms with Gasteiger partial charge in [0.05, 0.1) is 5.69 Å². The summed E-state index contributed by atoms with van der Waals surface area (Å²) in [4.78, 5) is 15.1. The topological polar surface area (TPSA) is 44.9 Å². The lowest BCUT2D eigenvalue weighted by molar-refractivity contribution is 0.102. The largest absolute Gasteiger partial charge is 0.350 e. The van der Waals surface area contributed by atoms with Crippen LogP contribution < -0.4 is 5.32 Å². The van der Waals surface area contributed by atoms with Crippen LogP contribution in [0.2, 0.25) is 0 Å². The highest BCUT2D eigenvalue weighted by atomic mass is 79.9. The number of halogens is 2. The lowest BCUT2D eigenvalue weighted by Gasteiger charge is -2.05. The highest BCUT2D eigenvalue weighted by Gasteiger charge is 2.11. The van der Waals surface area contributed by atoms with E-state index in [-0.39, 0.29) is 11.7 Å². The fraction of sp³-hybridized carbons (Fsp3) is 0. The zero-order valence-corrected chi connectivity index (χ0v) is 11.9. The molecule has 0 saturated carbocycles. The van der Waals surface area contributed by atoms with Crippen molar-refractivity contribution in [1.82, 2.24) is 4.98 Å². The smallest absolute Gasteiger partial charge is 0.272 e. The SMILES string of the molecule is O=C(Nc1ccccc1Br)c1cc2ccc(F)cc2[nH]1. The molecule has 0 radical (unpaired) electrons. The number of amides is 1. The number of H-pyrrole nitrogens is 1. The zero-order valence-electron chi connectivity index (χ0n) is 10.3. The molecule has 0 aliphatic rings. The Balaban J connectivity index is 1.91. The first-order valence-corrected chi connectivity index (χ1v) is 6.77. The zero-order chi connectivity index (χ0) is 14.1. The molecule has 1 aromatic heterocycles. The molecule has 5 heteroatoms. The third-order valence-electron chi connectivity index (χ3n) is 2.95. The molecule has 1 amide bonds. The van der Waals surface area contributed by atoms with Gasteiger partial charge in [-0.15, -0.1) is 0 Å². The summed E-state index contributed by atoms with van der Waals surface area (Å²) in [7, 11) is 0. The summed E-state index contributed by atoms with van der Waals surface area (Å²) in [5.74, 6) is -0.606. The van der Waals surface area contributed by atoms with E-state index in [0.717, 1.165) is 9.86 Å². The standard InChI is InChI=1S/C15H10BrFN2O/c16-11-3-1-2-4-12(11)19-15(20)14-7-9-5-6-10(17)8-13(9)18-14/h1-8,18H,(H,19,20). The van der Waals surface area contributed by atoms with Gasteiger partial charge in [-0.2, -0.15) is 0 Å². The highest BCUT2D eigenvalue weighted by Crippen LogP contribution is 2.23. The van der Waals surface area contributed by atoms with E-state index >= 15 is 0 Å². The number of aromatic nitrogens is 1. The van der Waals surface area contributed by atoms with Gasteiger partial charge in [-0.05, 0) is 52.3 Å². The Morgan fingerprint density at radius 1 is 1.15 bits per heavy atom. The van der Waals surface area contributed by atoms with Crippen LogP contribution in [0.4, 0.5) is 10.1 Å². The molecule has 0 aliphatic carbocycles. The molecule has 0 atom stereocenters. The molecule has 1 heterocycles. The minimum absolute atomic E-state index is 0.270. The molecule has 100 valence electrons. The van der Waals surface area contributed by atoms with Crippen molar-refractivity contribution >= 4 is 38.4 Å². The van der Waals surface area contributed by atoms with Crippen LogP contribution >= 0.6 is 15.9 Å². The molecule has 0 spiro atoms. The van der Waals surface area contributed by atoms with Crippen molar-refractivity contribution in [1.29, 1.82) is 0 Å². The summed E-state index contributed by atoms with van der Waals surface area (Å²) in [6.07, 6.45) is 0. The summed E-state index contributed by atoms with van der Waals surface area (Å²) in [6, 6.07) is 13.4. The van der Waals surface area contributed by atoms with Gasteiger partial charge in [0.1, 0.15) is 11.5 Å².